The van der Waals surface area contributed by atoms with Gasteiger partial charge in [-0.05, 0) is 28.1 Å². The van der Waals surface area contributed by atoms with Crippen molar-refractivity contribution in [2.45, 2.75) is 6.54 Å². The van der Waals surface area contributed by atoms with E-state index in [0.717, 1.165) is 8.66 Å². The second kappa shape index (κ2) is 4.56. The molecule has 0 fully saturated rings. The van der Waals surface area contributed by atoms with Crippen LogP contribution in [0, 0.1) is 0 Å². The van der Waals surface area contributed by atoms with Gasteiger partial charge < -0.3 is 10.6 Å². The molecule has 4 nitrogen and oxygen atoms in total. The minimum absolute atomic E-state index is 0.401. The molecule has 0 saturated carbocycles. The first-order chi connectivity index (χ1) is 6.50. The van der Waals surface area contributed by atoms with Crippen LogP contribution < -0.4 is 5.73 Å². The molecule has 0 spiro atoms. The smallest absolute Gasteiger partial charge is 0.311 e. The molecule has 0 radical (unpaired) electrons. The Balaban J connectivity index is 2.61. The first kappa shape index (κ1) is 11.2. The molecule has 14 heavy (non-hydrogen) atoms. The lowest BCUT2D eigenvalue weighted by molar-refractivity contribution is -0.143. The number of rotatable bonds is 2. The first-order valence-corrected chi connectivity index (χ1v) is 5.40. The van der Waals surface area contributed by atoms with Gasteiger partial charge in [0.15, 0.2) is 0 Å². The number of nitrogens with zero attached hydrogens (tertiary/aromatic N) is 1. The minimum Gasteiger partial charge on any atom is -0.361 e. The van der Waals surface area contributed by atoms with Gasteiger partial charge in [-0.25, -0.2) is 0 Å². The summed E-state index contributed by atoms with van der Waals surface area (Å²) in [5.41, 5.74) is 4.86. The molecule has 76 valence electrons. The van der Waals surface area contributed by atoms with Crippen molar-refractivity contribution >= 4 is 39.1 Å². The minimum atomic E-state index is -0.928. The van der Waals surface area contributed by atoms with Crippen LogP contribution >= 0.6 is 27.3 Å². The third-order valence-corrected chi connectivity index (χ3v) is 3.19. The summed E-state index contributed by atoms with van der Waals surface area (Å²) in [6.45, 7) is 0.401. The highest BCUT2D eigenvalue weighted by atomic mass is 79.9. The van der Waals surface area contributed by atoms with Crippen molar-refractivity contribution in [2.24, 2.45) is 5.73 Å². The van der Waals surface area contributed by atoms with Crippen molar-refractivity contribution in [3.05, 3.63) is 20.8 Å². The molecule has 2 N–H and O–H groups in total. The molecule has 0 saturated heterocycles. The molecule has 1 rings (SSSR count). The Labute approximate surface area is 93.8 Å². The standard InChI is InChI=1S/C8H9BrN2O2S/c1-11(8(13)7(10)12)4-5-2-3-6(9)14-5/h2-3H,4H2,1H3,(H2,10,12). The fourth-order valence-electron chi connectivity index (χ4n) is 0.930. The number of likely N-dealkylation sites (N-methyl/N-ethyl adjacent to an activating group) is 1. The second-order valence-electron chi connectivity index (χ2n) is 2.73. The number of carbonyl (C=O) groups is 2. The predicted molar refractivity (Wildman–Crippen MR) is 57.7 cm³/mol. The summed E-state index contributed by atoms with van der Waals surface area (Å²) in [4.78, 5) is 23.9. The predicted octanol–water partition coefficient (Wildman–Crippen LogP) is 0.954. The number of halogens is 1. The van der Waals surface area contributed by atoms with Crippen molar-refractivity contribution in [3.8, 4) is 0 Å². The molecule has 1 aromatic heterocycles. The van der Waals surface area contributed by atoms with Crippen molar-refractivity contribution in [1.29, 1.82) is 0 Å². The number of nitrogens with two attached hydrogens (primary N) is 1. The van der Waals surface area contributed by atoms with E-state index < -0.39 is 11.8 Å². The van der Waals surface area contributed by atoms with Crippen LogP contribution in [-0.4, -0.2) is 23.8 Å². The van der Waals surface area contributed by atoms with Crippen molar-refractivity contribution < 1.29 is 9.59 Å². The Morgan fingerprint density at radius 1 is 1.57 bits per heavy atom. The molecule has 1 aromatic rings. The number of hydrogen-bond acceptors (Lipinski definition) is 3. The van der Waals surface area contributed by atoms with Gasteiger partial charge in [0.2, 0.25) is 0 Å². The summed E-state index contributed by atoms with van der Waals surface area (Å²) in [6, 6.07) is 3.78. The van der Waals surface area contributed by atoms with E-state index in [2.05, 4.69) is 15.9 Å². The summed E-state index contributed by atoms with van der Waals surface area (Å²) in [5, 5.41) is 0. The Morgan fingerprint density at radius 3 is 2.64 bits per heavy atom. The molecule has 6 heteroatoms. The summed E-state index contributed by atoms with van der Waals surface area (Å²) in [6.07, 6.45) is 0. The summed E-state index contributed by atoms with van der Waals surface area (Å²) < 4.78 is 0.993. The molecule has 0 bridgehead atoms. The largest absolute Gasteiger partial charge is 0.361 e. The molecule has 0 unspecified atom stereocenters. The fourth-order valence-corrected chi connectivity index (χ4v) is 2.47. The zero-order chi connectivity index (χ0) is 10.7. The summed E-state index contributed by atoms with van der Waals surface area (Å²) >= 11 is 4.83. The molecule has 2 amide bonds. The molecule has 0 aromatic carbocycles. The summed E-state index contributed by atoms with van der Waals surface area (Å²) in [7, 11) is 1.54. The maximum Gasteiger partial charge on any atom is 0.311 e. The van der Waals surface area contributed by atoms with Crippen LogP contribution in [0.5, 0.6) is 0 Å². The van der Waals surface area contributed by atoms with Crippen molar-refractivity contribution in [3.63, 3.8) is 0 Å². The zero-order valence-electron chi connectivity index (χ0n) is 7.49. The van der Waals surface area contributed by atoms with Crippen LogP contribution in [0.15, 0.2) is 15.9 Å². The third kappa shape index (κ3) is 2.81. The second-order valence-corrected chi connectivity index (χ2v) is 5.28. The van der Waals surface area contributed by atoms with Crippen molar-refractivity contribution in [1.82, 2.24) is 4.90 Å². The van der Waals surface area contributed by atoms with Crippen LogP contribution in [0.25, 0.3) is 0 Å². The summed E-state index contributed by atoms with van der Waals surface area (Å²) in [5.74, 6) is -1.60. The van der Waals surface area contributed by atoms with Gasteiger partial charge in [-0.2, -0.15) is 0 Å². The average molecular weight is 277 g/mol. The lowest BCUT2D eigenvalue weighted by Gasteiger charge is -2.13. The van der Waals surface area contributed by atoms with Crippen molar-refractivity contribution in [2.75, 3.05) is 7.05 Å². The molecular formula is C8H9BrN2O2S. The highest BCUT2D eigenvalue weighted by Gasteiger charge is 2.15. The van der Waals surface area contributed by atoms with E-state index in [1.807, 2.05) is 12.1 Å². The Kier molecular flexibility index (Phi) is 3.65. The van der Waals surface area contributed by atoms with Gasteiger partial charge in [-0.1, -0.05) is 0 Å². The van der Waals surface area contributed by atoms with E-state index in [4.69, 9.17) is 5.73 Å². The van der Waals surface area contributed by atoms with Gasteiger partial charge in [-0.15, -0.1) is 11.3 Å². The zero-order valence-corrected chi connectivity index (χ0v) is 9.89. The molecule has 1 heterocycles. The number of hydrogen-bond donors (Lipinski definition) is 1. The first-order valence-electron chi connectivity index (χ1n) is 3.80. The quantitative estimate of drug-likeness (QED) is 0.818. The van der Waals surface area contributed by atoms with E-state index >= 15 is 0 Å². The highest BCUT2D eigenvalue weighted by molar-refractivity contribution is 9.11. The van der Waals surface area contributed by atoms with Crippen LogP contribution in [-0.2, 0) is 16.1 Å². The number of primary amides is 1. The van der Waals surface area contributed by atoms with Gasteiger partial charge in [0.05, 0.1) is 10.3 Å². The molecule has 0 aliphatic heterocycles. The SMILES string of the molecule is CN(Cc1ccc(Br)s1)C(=O)C(N)=O. The number of carbonyl (C=O) groups excluding carboxylic acids is 2. The number of amides is 2. The normalized spacial score (nSPS) is 9.86. The van der Waals surface area contributed by atoms with E-state index in [1.165, 1.54) is 16.2 Å². The van der Waals surface area contributed by atoms with Crippen LogP contribution in [0.1, 0.15) is 4.88 Å². The number of thiophene rings is 1. The topological polar surface area (TPSA) is 63.4 Å². The maximum atomic E-state index is 11.1. The highest BCUT2D eigenvalue weighted by Crippen LogP contribution is 2.22. The van der Waals surface area contributed by atoms with Gasteiger partial charge >= 0.3 is 11.8 Å². The van der Waals surface area contributed by atoms with Gasteiger partial charge in [-0.3, -0.25) is 9.59 Å². The fraction of sp³-hybridized carbons (Fsp3) is 0.250. The monoisotopic (exact) mass is 276 g/mol. The van der Waals surface area contributed by atoms with E-state index in [0.29, 0.717) is 6.54 Å². The van der Waals surface area contributed by atoms with Gasteiger partial charge in [0, 0.05) is 11.9 Å². The Bertz CT molecular complexity index is 364. The molecule has 0 atom stereocenters. The van der Waals surface area contributed by atoms with E-state index in [-0.39, 0.29) is 0 Å². The Morgan fingerprint density at radius 2 is 2.21 bits per heavy atom. The average Bonchev–Trinajstić information content (AvgIpc) is 2.49. The molecule has 0 aliphatic carbocycles. The lowest BCUT2D eigenvalue weighted by Crippen LogP contribution is -2.36. The van der Waals surface area contributed by atoms with E-state index in [1.54, 1.807) is 7.05 Å². The lowest BCUT2D eigenvalue weighted by atomic mass is 10.4. The van der Waals surface area contributed by atoms with Crippen LogP contribution in [0.2, 0.25) is 0 Å². The third-order valence-electron chi connectivity index (χ3n) is 1.58. The molecule has 0 aliphatic rings. The maximum absolute atomic E-state index is 11.1. The molecular weight excluding hydrogens is 268 g/mol. The van der Waals surface area contributed by atoms with Crippen LogP contribution in [0.4, 0.5) is 0 Å². The van der Waals surface area contributed by atoms with Crippen LogP contribution in [0.3, 0.4) is 0 Å². The Hall–Kier alpha value is -0.880. The van der Waals surface area contributed by atoms with E-state index in [9.17, 15) is 9.59 Å². The van der Waals surface area contributed by atoms with Gasteiger partial charge in [0.1, 0.15) is 0 Å². The van der Waals surface area contributed by atoms with Gasteiger partial charge in [0.25, 0.3) is 0 Å².